The summed E-state index contributed by atoms with van der Waals surface area (Å²) in [6.07, 6.45) is 16.1. The van der Waals surface area contributed by atoms with Crippen molar-refractivity contribution in [1.82, 2.24) is 9.62 Å². The molecule has 0 unspecified atom stereocenters. The van der Waals surface area contributed by atoms with Crippen molar-refractivity contribution in [3.63, 3.8) is 0 Å². The van der Waals surface area contributed by atoms with Gasteiger partial charge in [0.1, 0.15) is 22.4 Å². The molecule has 0 spiro atoms. The lowest BCUT2D eigenvalue weighted by Gasteiger charge is -2.27. The van der Waals surface area contributed by atoms with Crippen molar-refractivity contribution >= 4 is 69.2 Å². The number of sulfonamides is 1. The van der Waals surface area contributed by atoms with Gasteiger partial charge in [-0.05, 0) is 94.8 Å². The minimum Gasteiger partial charge on any atom is -0.748 e. The van der Waals surface area contributed by atoms with E-state index in [0.29, 0.717) is 74.2 Å². The lowest BCUT2D eigenvalue weighted by Crippen LogP contribution is -2.38. The summed E-state index contributed by atoms with van der Waals surface area (Å²) in [6, 6.07) is 8.83. The fourth-order valence-electron chi connectivity index (χ4n) is 8.12. The predicted octanol–water partition coefficient (Wildman–Crippen LogP) is 4.85. The molecule has 0 radical (unpaired) electrons. The van der Waals surface area contributed by atoms with E-state index < -0.39 is 75.2 Å². The zero-order valence-electron chi connectivity index (χ0n) is 38.2. The Morgan fingerprint density at radius 3 is 1.97 bits per heavy atom. The van der Waals surface area contributed by atoms with Crippen LogP contribution >= 0.6 is 0 Å². The number of allylic oxidation sites excluding steroid dienone is 8. The highest BCUT2D eigenvalue weighted by Gasteiger charge is 2.45. The first-order chi connectivity index (χ1) is 30.6. The van der Waals surface area contributed by atoms with E-state index in [1.54, 1.807) is 48.6 Å². The molecule has 2 aliphatic heterocycles. The van der Waals surface area contributed by atoms with Crippen molar-refractivity contribution < 1.29 is 61.5 Å². The van der Waals surface area contributed by atoms with Crippen molar-refractivity contribution in [3.05, 3.63) is 95.8 Å². The van der Waals surface area contributed by atoms with Crippen LogP contribution in [-0.2, 0) is 60.8 Å². The highest BCUT2D eigenvalue weighted by atomic mass is 32.2. The number of carbonyl (C=O) groups is 2. The Bertz CT molecular complexity index is 2760. The summed E-state index contributed by atoms with van der Waals surface area (Å²) < 4.78 is 134. The number of amides is 1. The maximum Gasteiger partial charge on any atom is 0.243 e. The SMILES string of the molecule is CC(=O)CCCCCNC(=O)CN(C)S(=O)(=O)c1ccc2c(c1)C(C)(C)C(/C=C/C=C/C=C/C=C1/N(CCCCS(=O)(=O)[O-])c3ccc(S(=O)(=O)[O-])cc3C1(C)C)=[N+]2CCCCS(=O)(=O)[O-]. The summed E-state index contributed by atoms with van der Waals surface area (Å²) in [5.74, 6) is -1.42. The van der Waals surface area contributed by atoms with Gasteiger partial charge >= 0.3 is 0 Å². The molecule has 2 heterocycles. The highest BCUT2D eigenvalue weighted by molar-refractivity contribution is 7.89. The van der Waals surface area contributed by atoms with E-state index in [2.05, 4.69) is 5.32 Å². The average molecular weight is 993 g/mol. The van der Waals surface area contributed by atoms with Crippen molar-refractivity contribution in [2.45, 2.75) is 107 Å². The van der Waals surface area contributed by atoms with Crippen LogP contribution in [0.15, 0.2) is 94.4 Å². The van der Waals surface area contributed by atoms with Gasteiger partial charge in [-0.1, -0.05) is 50.6 Å². The first-order valence-corrected chi connectivity index (χ1v) is 27.6. The molecule has 17 nitrogen and oxygen atoms in total. The summed E-state index contributed by atoms with van der Waals surface area (Å²) in [7, 11) is -16.4. The van der Waals surface area contributed by atoms with E-state index >= 15 is 0 Å². The Morgan fingerprint density at radius 2 is 1.33 bits per heavy atom. The summed E-state index contributed by atoms with van der Waals surface area (Å²) in [6.45, 7) is 9.72. The van der Waals surface area contributed by atoms with E-state index in [4.69, 9.17) is 0 Å². The van der Waals surface area contributed by atoms with Gasteiger partial charge in [-0.3, -0.25) is 4.79 Å². The van der Waals surface area contributed by atoms with Gasteiger partial charge in [0.25, 0.3) is 0 Å². The van der Waals surface area contributed by atoms with Crippen LogP contribution in [0.25, 0.3) is 0 Å². The average Bonchev–Trinajstić information content (AvgIpc) is 3.54. The number of ketones is 1. The van der Waals surface area contributed by atoms with E-state index in [0.717, 1.165) is 22.1 Å². The van der Waals surface area contributed by atoms with Crippen LogP contribution in [-0.4, -0.2) is 118 Å². The monoisotopic (exact) mass is 992 g/mol. The third kappa shape index (κ3) is 14.6. The maximum absolute atomic E-state index is 13.8. The molecule has 0 atom stereocenters. The number of hydrogen-bond donors (Lipinski definition) is 1. The smallest absolute Gasteiger partial charge is 0.243 e. The van der Waals surface area contributed by atoms with Gasteiger partial charge in [0.2, 0.25) is 21.6 Å². The molecular weight excluding hydrogens is 933 g/mol. The van der Waals surface area contributed by atoms with E-state index in [1.807, 2.05) is 49.3 Å². The van der Waals surface area contributed by atoms with Crippen molar-refractivity contribution in [2.75, 3.05) is 49.6 Å². The zero-order valence-corrected chi connectivity index (χ0v) is 41.5. The van der Waals surface area contributed by atoms with Gasteiger partial charge in [-0.2, -0.15) is 8.88 Å². The standard InChI is InChI=1S/C45H62N4O13S4/c1-34(50)19-11-10-14-26-46-43(51)33-47(6)65(58,59)35-22-24-39-37(31-35)44(2,3)41(48(39)27-15-17-29-63(52,53)54)20-12-8-7-9-13-21-42-45(4,5)38-32-36(66(60,61)62)23-25-40(38)49(42)28-16-18-30-64(55,56)57/h7-9,12-13,20-25,31-32H,10-11,14-19,26-30,33H2,1-6H3,(H3-,46,51,52,53,54,55,56,57,60,61,62)/p-2. The third-order valence-electron chi connectivity index (χ3n) is 11.6. The molecule has 0 fully saturated rings. The molecule has 0 aromatic heterocycles. The van der Waals surface area contributed by atoms with Crippen LogP contribution in [0.4, 0.5) is 11.4 Å². The normalized spacial score (nSPS) is 16.9. The first-order valence-electron chi connectivity index (χ1n) is 21.6. The van der Waals surface area contributed by atoms with Crippen LogP contribution in [0, 0.1) is 0 Å². The quantitative estimate of drug-likeness (QED) is 0.0604. The molecule has 364 valence electrons. The van der Waals surface area contributed by atoms with Gasteiger partial charge in [-0.15, -0.1) is 0 Å². The minimum absolute atomic E-state index is 0.0194. The Morgan fingerprint density at radius 1 is 0.727 bits per heavy atom. The molecule has 1 amide bonds. The second kappa shape index (κ2) is 22.2. The Labute approximate surface area is 390 Å². The molecule has 0 saturated heterocycles. The third-order valence-corrected chi connectivity index (χ3v) is 15.8. The summed E-state index contributed by atoms with van der Waals surface area (Å²) in [5, 5.41) is 2.73. The van der Waals surface area contributed by atoms with Crippen LogP contribution < -0.4 is 10.2 Å². The number of carbonyl (C=O) groups excluding carboxylic acids is 2. The van der Waals surface area contributed by atoms with Gasteiger partial charge in [0.05, 0.1) is 42.0 Å². The maximum atomic E-state index is 13.8. The van der Waals surface area contributed by atoms with Crippen LogP contribution in [0.2, 0.25) is 0 Å². The molecule has 4 rings (SSSR count). The van der Waals surface area contributed by atoms with Crippen LogP contribution in [0.1, 0.15) is 97.1 Å². The van der Waals surface area contributed by atoms with E-state index in [9.17, 15) is 56.9 Å². The zero-order chi connectivity index (χ0) is 49.3. The number of benzene rings is 2. The van der Waals surface area contributed by atoms with Gasteiger partial charge < -0.3 is 28.7 Å². The molecule has 1 N–H and O–H groups in total. The molecule has 2 aromatic carbocycles. The number of unbranched alkanes of at least 4 members (excludes halogenated alkanes) is 4. The molecule has 2 aromatic rings. The van der Waals surface area contributed by atoms with Crippen molar-refractivity contribution in [3.8, 4) is 0 Å². The van der Waals surface area contributed by atoms with Crippen molar-refractivity contribution in [1.29, 1.82) is 0 Å². The Balaban J connectivity index is 1.56. The second-order valence-corrected chi connectivity index (χ2v) is 24.0. The second-order valence-electron chi connectivity index (χ2n) is 17.5. The number of fused-ring (bicyclic) bond motifs is 2. The predicted molar refractivity (Wildman–Crippen MR) is 249 cm³/mol. The topological polar surface area (TPSA) is 261 Å². The van der Waals surface area contributed by atoms with Gasteiger partial charge in [0.15, 0.2) is 5.71 Å². The number of nitrogens with one attached hydrogen (secondary N) is 1. The summed E-state index contributed by atoms with van der Waals surface area (Å²) in [5.41, 5.74) is 2.61. The van der Waals surface area contributed by atoms with E-state index in [-0.39, 0.29) is 28.4 Å². The van der Waals surface area contributed by atoms with Gasteiger partial charge in [-0.25, -0.2) is 33.7 Å². The van der Waals surface area contributed by atoms with Gasteiger partial charge in [0, 0.05) is 79.0 Å². The Kier molecular flexibility index (Phi) is 18.2. The number of Topliss-reactive ketones (excluding diaryl/α,β-unsaturated/α-hetero) is 1. The molecule has 2 aliphatic rings. The fourth-order valence-corrected chi connectivity index (χ4v) is 10.9. The molecule has 0 saturated carbocycles. The summed E-state index contributed by atoms with van der Waals surface area (Å²) in [4.78, 5) is 25.3. The molecule has 0 bridgehead atoms. The van der Waals surface area contributed by atoms with Crippen LogP contribution in [0.5, 0.6) is 0 Å². The number of likely N-dealkylation sites (N-methyl/N-ethyl adjacent to an activating group) is 1. The number of rotatable bonds is 25. The first kappa shape index (κ1) is 54.3. The lowest BCUT2D eigenvalue weighted by molar-refractivity contribution is -0.438. The highest BCUT2D eigenvalue weighted by Crippen LogP contribution is 2.48. The van der Waals surface area contributed by atoms with Crippen molar-refractivity contribution in [2.24, 2.45) is 0 Å². The minimum atomic E-state index is -4.74. The largest absolute Gasteiger partial charge is 0.748 e. The van der Waals surface area contributed by atoms with E-state index in [1.165, 1.54) is 32.2 Å². The molecule has 66 heavy (non-hydrogen) atoms. The molecule has 0 aliphatic carbocycles. The summed E-state index contributed by atoms with van der Waals surface area (Å²) >= 11 is 0. The Hall–Kier alpha value is -4.35. The van der Waals surface area contributed by atoms with Crippen LogP contribution in [0.3, 0.4) is 0 Å². The number of anilines is 1. The lowest BCUT2D eigenvalue weighted by atomic mass is 9.81. The molecular formula is C45H60N4O13S4-2. The molecule has 21 heteroatoms. The number of hydrogen-bond acceptors (Lipinski definition) is 14. The fraction of sp³-hybridized carbons (Fsp3) is 0.489. The number of nitrogens with zero attached hydrogens (tertiary/aromatic N) is 3.